The molecular formula is C11H19NO2. The largest absolute Gasteiger partial charge is 0.466 e. The summed E-state index contributed by atoms with van der Waals surface area (Å²) in [5, 5.41) is 0. The molecule has 0 saturated heterocycles. The van der Waals surface area contributed by atoms with E-state index < -0.39 is 0 Å². The minimum Gasteiger partial charge on any atom is -0.466 e. The number of esters is 1. The maximum atomic E-state index is 11.7. The number of nitrogens with two attached hydrogens (primary N) is 1. The zero-order chi connectivity index (χ0) is 10.3. The Labute approximate surface area is 85.0 Å². The fraction of sp³-hybridized carbons (Fsp3) is 0.909. The number of rotatable bonds is 2. The Hall–Kier alpha value is -0.570. The van der Waals surface area contributed by atoms with Crippen LogP contribution in [0.5, 0.6) is 0 Å². The Morgan fingerprint density at radius 3 is 2.79 bits per heavy atom. The van der Waals surface area contributed by atoms with Gasteiger partial charge in [0.05, 0.1) is 12.5 Å². The second-order valence-corrected chi connectivity index (χ2v) is 4.87. The molecule has 3 nitrogen and oxygen atoms in total. The lowest BCUT2D eigenvalue weighted by atomic mass is 9.75. The van der Waals surface area contributed by atoms with Gasteiger partial charge in [-0.15, -0.1) is 0 Å². The maximum Gasteiger partial charge on any atom is 0.311 e. The van der Waals surface area contributed by atoms with Crippen molar-refractivity contribution < 1.29 is 9.53 Å². The lowest BCUT2D eigenvalue weighted by Crippen LogP contribution is -2.52. The van der Waals surface area contributed by atoms with Crippen molar-refractivity contribution in [3.05, 3.63) is 0 Å². The van der Waals surface area contributed by atoms with Gasteiger partial charge in [0.2, 0.25) is 0 Å². The summed E-state index contributed by atoms with van der Waals surface area (Å²) in [7, 11) is 0. The van der Waals surface area contributed by atoms with Crippen LogP contribution in [0.3, 0.4) is 0 Å². The van der Waals surface area contributed by atoms with Crippen molar-refractivity contribution in [1.82, 2.24) is 0 Å². The molecule has 0 aromatic carbocycles. The molecule has 0 heterocycles. The van der Waals surface area contributed by atoms with E-state index in [2.05, 4.69) is 0 Å². The molecule has 2 saturated carbocycles. The monoisotopic (exact) mass is 197 g/mol. The summed E-state index contributed by atoms with van der Waals surface area (Å²) in [6, 6.07) is 0. The van der Waals surface area contributed by atoms with Gasteiger partial charge in [0.1, 0.15) is 0 Å². The Kier molecular flexibility index (Phi) is 2.30. The number of fused-ring (bicyclic) bond motifs is 2. The van der Waals surface area contributed by atoms with E-state index in [1.807, 2.05) is 13.8 Å². The van der Waals surface area contributed by atoms with Crippen LogP contribution in [-0.2, 0) is 9.53 Å². The van der Waals surface area contributed by atoms with E-state index in [0.29, 0.717) is 18.4 Å². The van der Waals surface area contributed by atoms with E-state index >= 15 is 0 Å². The van der Waals surface area contributed by atoms with E-state index in [0.717, 1.165) is 12.8 Å². The number of carbonyl (C=O) groups is 1. The molecule has 0 amide bonds. The molecule has 0 spiro atoms. The molecule has 2 bridgehead atoms. The average Bonchev–Trinajstić information content (AvgIpc) is 2.61. The van der Waals surface area contributed by atoms with Crippen LogP contribution in [0.4, 0.5) is 0 Å². The van der Waals surface area contributed by atoms with E-state index in [1.54, 1.807) is 0 Å². The van der Waals surface area contributed by atoms with Crippen molar-refractivity contribution in [3.63, 3.8) is 0 Å². The first-order valence-corrected chi connectivity index (χ1v) is 5.53. The van der Waals surface area contributed by atoms with Crippen LogP contribution in [0.1, 0.15) is 33.1 Å². The Morgan fingerprint density at radius 1 is 1.57 bits per heavy atom. The molecule has 14 heavy (non-hydrogen) atoms. The molecule has 2 aliphatic rings. The van der Waals surface area contributed by atoms with Crippen LogP contribution >= 0.6 is 0 Å². The van der Waals surface area contributed by atoms with Crippen molar-refractivity contribution >= 4 is 5.97 Å². The minimum absolute atomic E-state index is 0.0544. The van der Waals surface area contributed by atoms with E-state index in [-0.39, 0.29) is 17.4 Å². The number of ether oxygens (including phenoxy) is 1. The number of carbonyl (C=O) groups excluding carboxylic acids is 1. The zero-order valence-corrected chi connectivity index (χ0v) is 8.95. The summed E-state index contributed by atoms with van der Waals surface area (Å²) in [6.07, 6.45) is 3.46. The quantitative estimate of drug-likeness (QED) is 0.679. The molecule has 80 valence electrons. The Bertz CT molecular complexity index is 250. The van der Waals surface area contributed by atoms with Crippen molar-refractivity contribution in [2.45, 2.75) is 38.6 Å². The molecule has 0 unspecified atom stereocenters. The van der Waals surface area contributed by atoms with Crippen molar-refractivity contribution in [2.75, 3.05) is 6.61 Å². The van der Waals surface area contributed by atoms with Gasteiger partial charge >= 0.3 is 5.97 Å². The molecule has 4 atom stereocenters. The third kappa shape index (κ3) is 1.26. The molecule has 0 aromatic heterocycles. The third-order valence-corrected chi connectivity index (χ3v) is 4.03. The van der Waals surface area contributed by atoms with E-state index in [9.17, 15) is 4.79 Å². The van der Waals surface area contributed by atoms with Crippen LogP contribution in [-0.4, -0.2) is 18.1 Å². The van der Waals surface area contributed by atoms with E-state index in [1.165, 1.54) is 6.42 Å². The van der Waals surface area contributed by atoms with Gasteiger partial charge in [-0.25, -0.2) is 0 Å². The van der Waals surface area contributed by atoms with E-state index in [4.69, 9.17) is 10.5 Å². The summed E-state index contributed by atoms with van der Waals surface area (Å²) in [6.45, 7) is 4.32. The van der Waals surface area contributed by atoms with Gasteiger partial charge in [0, 0.05) is 5.54 Å². The molecule has 2 N–H and O–H groups in total. The molecular weight excluding hydrogens is 178 g/mol. The van der Waals surface area contributed by atoms with Gasteiger partial charge in [-0.1, -0.05) is 0 Å². The zero-order valence-electron chi connectivity index (χ0n) is 8.95. The first-order chi connectivity index (χ1) is 6.57. The van der Waals surface area contributed by atoms with Gasteiger partial charge in [-0.05, 0) is 44.9 Å². The molecule has 2 rings (SSSR count). The fourth-order valence-corrected chi connectivity index (χ4v) is 3.32. The smallest absolute Gasteiger partial charge is 0.311 e. The number of hydrogen-bond donors (Lipinski definition) is 1. The first-order valence-electron chi connectivity index (χ1n) is 5.53. The van der Waals surface area contributed by atoms with Gasteiger partial charge < -0.3 is 10.5 Å². The lowest BCUT2D eigenvalue weighted by Gasteiger charge is -2.36. The summed E-state index contributed by atoms with van der Waals surface area (Å²) in [4.78, 5) is 11.7. The lowest BCUT2D eigenvalue weighted by molar-refractivity contribution is -0.152. The predicted molar refractivity (Wildman–Crippen MR) is 53.5 cm³/mol. The van der Waals surface area contributed by atoms with Crippen molar-refractivity contribution in [2.24, 2.45) is 23.5 Å². The molecule has 0 aliphatic heterocycles. The number of hydrogen-bond acceptors (Lipinski definition) is 3. The summed E-state index contributed by atoms with van der Waals surface area (Å²) < 4.78 is 5.10. The second kappa shape index (κ2) is 3.23. The molecule has 2 aliphatic carbocycles. The van der Waals surface area contributed by atoms with Gasteiger partial charge in [-0.2, -0.15) is 0 Å². The van der Waals surface area contributed by atoms with Crippen molar-refractivity contribution in [3.8, 4) is 0 Å². The van der Waals surface area contributed by atoms with Crippen LogP contribution in [0.25, 0.3) is 0 Å². The van der Waals surface area contributed by atoms with Gasteiger partial charge in [0.15, 0.2) is 0 Å². The third-order valence-electron chi connectivity index (χ3n) is 4.03. The van der Waals surface area contributed by atoms with Crippen LogP contribution < -0.4 is 5.73 Å². The van der Waals surface area contributed by atoms with Crippen LogP contribution in [0, 0.1) is 17.8 Å². The minimum atomic E-state index is -0.324. The Morgan fingerprint density at radius 2 is 2.29 bits per heavy atom. The second-order valence-electron chi connectivity index (χ2n) is 4.87. The van der Waals surface area contributed by atoms with Crippen LogP contribution in [0.2, 0.25) is 0 Å². The van der Waals surface area contributed by atoms with Gasteiger partial charge in [-0.3, -0.25) is 4.79 Å². The standard InChI is InChI=1S/C11H19NO2/c1-3-14-10(13)9-7-4-5-8(6-7)11(9,2)12/h7-9H,3-6,12H2,1-2H3/t7-,8+,9-,11-/m0/s1. The first kappa shape index (κ1) is 9.97. The molecule has 0 radical (unpaired) electrons. The maximum absolute atomic E-state index is 11.7. The highest BCUT2D eigenvalue weighted by Crippen LogP contribution is 2.53. The van der Waals surface area contributed by atoms with Crippen molar-refractivity contribution in [1.29, 1.82) is 0 Å². The highest BCUT2D eigenvalue weighted by molar-refractivity contribution is 5.75. The Balaban J connectivity index is 2.15. The van der Waals surface area contributed by atoms with Gasteiger partial charge in [0.25, 0.3) is 0 Å². The normalized spacial score (nSPS) is 45.5. The van der Waals surface area contributed by atoms with Crippen LogP contribution in [0.15, 0.2) is 0 Å². The SMILES string of the molecule is CCOC(=O)[C@@H]1[C@H]2CC[C@H](C2)[C@]1(C)N. The fourth-order valence-electron chi connectivity index (χ4n) is 3.32. The highest BCUT2D eigenvalue weighted by atomic mass is 16.5. The topological polar surface area (TPSA) is 52.3 Å². The molecule has 0 aromatic rings. The average molecular weight is 197 g/mol. The highest BCUT2D eigenvalue weighted by Gasteiger charge is 2.56. The summed E-state index contributed by atoms with van der Waals surface area (Å²) in [5.41, 5.74) is 5.91. The summed E-state index contributed by atoms with van der Waals surface area (Å²) >= 11 is 0. The summed E-state index contributed by atoms with van der Waals surface area (Å²) in [5.74, 6) is 0.877. The predicted octanol–water partition coefficient (Wildman–Crippen LogP) is 1.31. The molecule has 3 heteroatoms. The molecule has 2 fully saturated rings.